The maximum absolute atomic E-state index is 12.0. The first-order valence-corrected chi connectivity index (χ1v) is 6.17. The second-order valence-electron chi connectivity index (χ2n) is 4.41. The van der Waals surface area contributed by atoms with Gasteiger partial charge in [-0.1, -0.05) is 12.1 Å². The maximum Gasteiger partial charge on any atom is 0.354 e. The third-order valence-corrected chi connectivity index (χ3v) is 2.82. The van der Waals surface area contributed by atoms with Crippen LogP contribution in [0.5, 0.6) is 0 Å². The highest BCUT2D eigenvalue weighted by atomic mass is 16.5. The second-order valence-corrected chi connectivity index (χ2v) is 4.41. The van der Waals surface area contributed by atoms with Gasteiger partial charge in [0.05, 0.1) is 11.6 Å². The minimum absolute atomic E-state index is 0.0858. The second kappa shape index (κ2) is 6.18. The number of aromatic nitrogens is 2. The van der Waals surface area contributed by atoms with Crippen LogP contribution in [0, 0.1) is 11.3 Å². The third-order valence-electron chi connectivity index (χ3n) is 2.82. The van der Waals surface area contributed by atoms with Gasteiger partial charge in [0.15, 0.2) is 5.69 Å². The molecule has 4 N–H and O–H groups in total. The molecule has 1 aromatic carbocycles. The molecule has 2 rings (SSSR count). The molecule has 0 saturated carbocycles. The summed E-state index contributed by atoms with van der Waals surface area (Å²) in [5.74, 6) is -5.09. The molecule has 0 bridgehead atoms. The molecule has 116 valence electrons. The monoisotopic (exact) mass is 314 g/mol. The molecule has 1 heterocycles. The summed E-state index contributed by atoms with van der Waals surface area (Å²) in [4.78, 5) is 29.8. The van der Waals surface area contributed by atoms with Crippen LogP contribution in [0.3, 0.4) is 0 Å². The molecule has 2 aromatic rings. The molecule has 0 aliphatic rings. The number of rotatable bonds is 4. The summed E-state index contributed by atoms with van der Waals surface area (Å²) in [5, 5.41) is 39.3. The fourth-order valence-electron chi connectivity index (χ4n) is 1.67. The van der Waals surface area contributed by atoms with E-state index < -0.39 is 23.5 Å². The van der Waals surface area contributed by atoms with E-state index >= 15 is 0 Å². The van der Waals surface area contributed by atoms with E-state index in [1.54, 1.807) is 0 Å². The fraction of sp³-hybridized carbons (Fsp3) is 0.0714. The number of amides is 1. The molecule has 9 heteroatoms. The Kier molecular flexibility index (Phi) is 4.31. The van der Waals surface area contributed by atoms with Crippen molar-refractivity contribution in [3.8, 4) is 6.07 Å². The fourth-order valence-corrected chi connectivity index (χ4v) is 1.67. The standard InChI is InChI=1S/C14H10N4O5/c15-6-8-1-3-9(4-2-8)14(22,23)18-12(19)10-5-11(13(20)21)17-7-16-10/h1-5,7,22-23H,(H,18,19)(H,20,21). The van der Waals surface area contributed by atoms with E-state index in [2.05, 4.69) is 9.97 Å². The number of nitrogens with zero attached hydrogens (tertiary/aromatic N) is 3. The largest absolute Gasteiger partial charge is 0.477 e. The number of nitrogens with one attached hydrogen (secondary N) is 1. The van der Waals surface area contributed by atoms with Gasteiger partial charge in [-0.25, -0.2) is 14.8 Å². The molecule has 23 heavy (non-hydrogen) atoms. The zero-order valence-electron chi connectivity index (χ0n) is 11.5. The molecule has 1 aromatic heterocycles. The lowest BCUT2D eigenvalue weighted by molar-refractivity contribution is -0.185. The number of carboxylic acids is 1. The Hall–Kier alpha value is -3.35. The first-order valence-electron chi connectivity index (χ1n) is 6.17. The Bertz CT molecular complexity index is 796. The maximum atomic E-state index is 12.0. The number of hydrogen-bond acceptors (Lipinski definition) is 7. The van der Waals surface area contributed by atoms with Gasteiger partial charge in [0.2, 0.25) is 0 Å². The molecule has 0 spiro atoms. The van der Waals surface area contributed by atoms with Gasteiger partial charge in [-0.3, -0.25) is 10.1 Å². The van der Waals surface area contributed by atoms with Crippen LogP contribution in [0.1, 0.15) is 32.1 Å². The van der Waals surface area contributed by atoms with Crippen LogP contribution in [0.15, 0.2) is 36.7 Å². The lowest BCUT2D eigenvalue weighted by Gasteiger charge is -2.23. The minimum Gasteiger partial charge on any atom is -0.477 e. The molecule has 0 radical (unpaired) electrons. The van der Waals surface area contributed by atoms with Crippen LogP contribution in [0.2, 0.25) is 0 Å². The number of carbonyl (C=O) groups is 2. The Morgan fingerprint density at radius 3 is 2.30 bits per heavy atom. The van der Waals surface area contributed by atoms with Crippen molar-refractivity contribution in [3.63, 3.8) is 0 Å². The van der Waals surface area contributed by atoms with Gasteiger partial charge < -0.3 is 15.3 Å². The zero-order valence-corrected chi connectivity index (χ0v) is 11.5. The van der Waals surface area contributed by atoms with Gasteiger partial charge in [-0.15, -0.1) is 0 Å². The number of carbonyl (C=O) groups excluding carboxylic acids is 1. The molecular weight excluding hydrogens is 304 g/mol. The Balaban J connectivity index is 2.22. The smallest absolute Gasteiger partial charge is 0.354 e. The van der Waals surface area contributed by atoms with E-state index in [0.717, 1.165) is 12.4 Å². The van der Waals surface area contributed by atoms with Crippen molar-refractivity contribution in [3.05, 3.63) is 59.2 Å². The number of carboxylic acid groups (broad SMARTS) is 1. The third kappa shape index (κ3) is 3.65. The average molecular weight is 314 g/mol. The van der Waals surface area contributed by atoms with Crippen LogP contribution in [0.25, 0.3) is 0 Å². The molecule has 0 saturated heterocycles. The molecular formula is C14H10N4O5. The molecule has 0 aliphatic heterocycles. The average Bonchev–Trinajstić information content (AvgIpc) is 2.54. The Labute approximate surface area is 129 Å². The minimum atomic E-state index is -2.72. The van der Waals surface area contributed by atoms with Gasteiger partial charge in [0.25, 0.3) is 11.8 Å². The topological polar surface area (TPSA) is 156 Å². The van der Waals surface area contributed by atoms with E-state index in [1.807, 2.05) is 11.4 Å². The Morgan fingerprint density at radius 2 is 1.74 bits per heavy atom. The first kappa shape index (κ1) is 16.0. The van der Waals surface area contributed by atoms with Crippen LogP contribution in [-0.2, 0) is 5.91 Å². The predicted molar refractivity (Wildman–Crippen MR) is 73.7 cm³/mol. The van der Waals surface area contributed by atoms with Crippen LogP contribution in [-0.4, -0.2) is 37.2 Å². The highest BCUT2D eigenvalue weighted by molar-refractivity contribution is 5.95. The van der Waals surface area contributed by atoms with E-state index in [1.165, 1.54) is 24.3 Å². The summed E-state index contributed by atoms with van der Waals surface area (Å²) in [7, 11) is 0. The first-order chi connectivity index (χ1) is 10.8. The molecule has 1 amide bonds. The number of aromatic carboxylic acids is 1. The molecule has 0 atom stereocenters. The molecule has 0 aliphatic carbocycles. The zero-order chi connectivity index (χ0) is 17.0. The number of hydrogen-bond donors (Lipinski definition) is 4. The molecule has 9 nitrogen and oxygen atoms in total. The Morgan fingerprint density at radius 1 is 1.13 bits per heavy atom. The van der Waals surface area contributed by atoms with Crippen molar-refractivity contribution < 1.29 is 24.9 Å². The van der Waals surface area contributed by atoms with Crippen molar-refractivity contribution in [2.75, 3.05) is 0 Å². The molecule has 0 unspecified atom stereocenters. The predicted octanol–water partition coefficient (Wildman–Crippen LogP) is -0.429. The summed E-state index contributed by atoms with van der Waals surface area (Å²) in [6.45, 7) is 0. The summed E-state index contributed by atoms with van der Waals surface area (Å²) in [6.07, 6.45) is 0.872. The SMILES string of the molecule is N#Cc1ccc(C(O)(O)NC(=O)c2cc(C(=O)O)ncn2)cc1. The van der Waals surface area contributed by atoms with Gasteiger partial charge in [0.1, 0.15) is 12.0 Å². The van der Waals surface area contributed by atoms with Gasteiger partial charge in [-0.2, -0.15) is 5.26 Å². The van der Waals surface area contributed by atoms with Crippen molar-refractivity contribution >= 4 is 11.9 Å². The summed E-state index contributed by atoms with van der Waals surface area (Å²) < 4.78 is 0. The van der Waals surface area contributed by atoms with E-state index in [9.17, 15) is 19.8 Å². The lowest BCUT2D eigenvalue weighted by Crippen LogP contribution is -2.46. The quantitative estimate of drug-likeness (QED) is 0.554. The van der Waals surface area contributed by atoms with Crippen molar-refractivity contribution in [2.24, 2.45) is 0 Å². The van der Waals surface area contributed by atoms with Gasteiger partial charge in [-0.05, 0) is 12.1 Å². The van der Waals surface area contributed by atoms with Crippen molar-refractivity contribution in [2.45, 2.75) is 5.91 Å². The summed E-state index contributed by atoms with van der Waals surface area (Å²) >= 11 is 0. The number of aliphatic hydroxyl groups is 2. The number of nitriles is 1. The van der Waals surface area contributed by atoms with Gasteiger partial charge >= 0.3 is 5.97 Å². The highest BCUT2D eigenvalue weighted by Gasteiger charge is 2.29. The number of benzene rings is 1. The van der Waals surface area contributed by atoms with Crippen molar-refractivity contribution in [1.29, 1.82) is 5.26 Å². The lowest BCUT2D eigenvalue weighted by atomic mass is 10.1. The van der Waals surface area contributed by atoms with E-state index in [4.69, 9.17) is 10.4 Å². The molecule has 0 fully saturated rings. The van der Waals surface area contributed by atoms with Crippen molar-refractivity contribution in [1.82, 2.24) is 15.3 Å². The van der Waals surface area contributed by atoms with Crippen LogP contribution < -0.4 is 5.32 Å². The van der Waals surface area contributed by atoms with E-state index in [0.29, 0.717) is 5.56 Å². The van der Waals surface area contributed by atoms with Crippen LogP contribution in [0.4, 0.5) is 0 Å². The highest BCUT2D eigenvalue weighted by Crippen LogP contribution is 2.16. The summed E-state index contributed by atoms with van der Waals surface area (Å²) in [5.41, 5.74) is -0.543. The normalized spacial score (nSPS) is 10.7. The van der Waals surface area contributed by atoms with E-state index in [-0.39, 0.29) is 11.3 Å². The summed E-state index contributed by atoms with van der Waals surface area (Å²) in [6, 6.07) is 7.95. The van der Waals surface area contributed by atoms with Gasteiger partial charge in [0, 0.05) is 11.6 Å². The van der Waals surface area contributed by atoms with Crippen LogP contribution >= 0.6 is 0 Å².